The Labute approximate surface area is 122 Å². The molecule has 0 radical (unpaired) electrons. The maximum absolute atomic E-state index is 12.9. The van der Waals surface area contributed by atoms with Crippen LogP contribution in [-0.2, 0) is 14.9 Å². The van der Waals surface area contributed by atoms with E-state index in [2.05, 4.69) is 0 Å². The van der Waals surface area contributed by atoms with Crippen molar-refractivity contribution in [2.75, 3.05) is 26.2 Å². The van der Waals surface area contributed by atoms with Gasteiger partial charge in [0, 0.05) is 32.2 Å². The van der Waals surface area contributed by atoms with Gasteiger partial charge in [-0.05, 0) is 33.6 Å². The van der Waals surface area contributed by atoms with E-state index in [0.717, 1.165) is 19.3 Å². The van der Waals surface area contributed by atoms with Gasteiger partial charge in [-0.3, -0.25) is 0 Å². The summed E-state index contributed by atoms with van der Waals surface area (Å²) < 4.78 is 34.7. The highest BCUT2D eigenvalue weighted by Gasteiger charge is 2.42. The second-order valence-electron chi connectivity index (χ2n) is 6.48. The number of rotatable bonds is 3. The Morgan fingerprint density at radius 3 is 2.65 bits per heavy atom. The van der Waals surface area contributed by atoms with E-state index in [9.17, 15) is 8.42 Å². The minimum absolute atomic E-state index is 0.0602. The van der Waals surface area contributed by atoms with Gasteiger partial charge < -0.3 is 10.5 Å². The van der Waals surface area contributed by atoms with Crippen molar-refractivity contribution >= 4 is 10.2 Å². The van der Waals surface area contributed by atoms with Gasteiger partial charge in [-0.25, -0.2) is 0 Å². The summed E-state index contributed by atoms with van der Waals surface area (Å²) in [6.45, 7) is 7.57. The van der Waals surface area contributed by atoms with E-state index in [0.29, 0.717) is 26.2 Å². The molecule has 2 unspecified atom stereocenters. The van der Waals surface area contributed by atoms with Gasteiger partial charge in [0.15, 0.2) is 0 Å². The molecule has 6 nitrogen and oxygen atoms in total. The molecule has 0 saturated carbocycles. The largest absolute Gasteiger partial charge is 0.370 e. The van der Waals surface area contributed by atoms with Crippen LogP contribution in [0.4, 0.5) is 0 Å². The molecular formula is C13H27N3O3S. The van der Waals surface area contributed by atoms with Crippen LogP contribution in [0.2, 0.25) is 0 Å². The van der Waals surface area contributed by atoms with Crippen LogP contribution in [0.15, 0.2) is 0 Å². The minimum atomic E-state index is -3.44. The van der Waals surface area contributed by atoms with E-state index in [-0.39, 0.29) is 12.1 Å². The van der Waals surface area contributed by atoms with E-state index in [4.69, 9.17) is 10.5 Å². The SMILES string of the molecule is CC1CN(S(=O)(=O)N2CCCCC2CN)CC(C)(C)O1. The summed E-state index contributed by atoms with van der Waals surface area (Å²) in [5.74, 6) is 0. The van der Waals surface area contributed by atoms with Crippen molar-refractivity contribution in [1.29, 1.82) is 0 Å². The molecule has 2 N–H and O–H groups in total. The van der Waals surface area contributed by atoms with Gasteiger partial charge >= 0.3 is 0 Å². The molecule has 7 heteroatoms. The molecule has 0 aliphatic carbocycles. The van der Waals surface area contributed by atoms with Gasteiger partial charge in [0.25, 0.3) is 10.2 Å². The average molecular weight is 305 g/mol. The summed E-state index contributed by atoms with van der Waals surface area (Å²) in [5.41, 5.74) is 5.31. The Balaban J connectivity index is 2.20. The monoisotopic (exact) mass is 305 g/mol. The van der Waals surface area contributed by atoms with E-state index in [1.807, 2.05) is 20.8 Å². The van der Waals surface area contributed by atoms with Crippen LogP contribution in [0.3, 0.4) is 0 Å². The smallest absolute Gasteiger partial charge is 0.282 e. The Morgan fingerprint density at radius 2 is 2.05 bits per heavy atom. The molecule has 2 aliphatic heterocycles. The molecule has 2 fully saturated rings. The van der Waals surface area contributed by atoms with Gasteiger partial charge in [-0.1, -0.05) is 6.42 Å². The lowest BCUT2D eigenvalue weighted by Crippen LogP contribution is -2.59. The van der Waals surface area contributed by atoms with Crippen molar-refractivity contribution in [3.05, 3.63) is 0 Å². The molecule has 2 rings (SSSR count). The number of hydrogen-bond acceptors (Lipinski definition) is 4. The molecule has 118 valence electrons. The third-order valence-corrected chi connectivity index (χ3v) is 6.01. The highest BCUT2D eigenvalue weighted by molar-refractivity contribution is 7.86. The first kappa shape index (κ1) is 16.2. The first-order valence-electron chi connectivity index (χ1n) is 7.41. The highest BCUT2D eigenvalue weighted by atomic mass is 32.2. The van der Waals surface area contributed by atoms with E-state index in [1.165, 1.54) is 0 Å². The van der Waals surface area contributed by atoms with Crippen LogP contribution in [0.5, 0.6) is 0 Å². The lowest BCUT2D eigenvalue weighted by Gasteiger charge is -2.44. The Bertz CT molecular complexity index is 438. The zero-order valence-corrected chi connectivity index (χ0v) is 13.5. The molecule has 0 amide bonds. The molecule has 2 atom stereocenters. The summed E-state index contributed by atoms with van der Waals surface area (Å²) in [6.07, 6.45) is 2.74. The Hall–Kier alpha value is -0.210. The molecule has 20 heavy (non-hydrogen) atoms. The molecule has 0 spiro atoms. The molecule has 2 aliphatic rings. The number of nitrogens with zero attached hydrogens (tertiary/aromatic N) is 2. The van der Waals surface area contributed by atoms with Crippen LogP contribution in [-0.4, -0.2) is 61.0 Å². The normalized spacial score (nSPS) is 33.2. The van der Waals surface area contributed by atoms with Crippen LogP contribution < -0.4 is 5.73 Å². The maximum atomic E-state index is 12.9. The lowest BCUT2D eigenvalue weighted by atomic mass is 10.1. The van der Waals surface area contributed by atoms with Crippen molar-refractivity contribution in [3.63, 3.8) is 0 Å². The lowest BCUT2D eigenvalue weighted by molar-refractivity contribution is -0.110. The zero-order chi connectivity index (χ0) is 15.0. The van der Waals surface area contributed by atoms with Gasteiger partial charge in [0.2, 0.25) is 0 Å². The number of nitrogens with two attached hydrogens (primary N) is 1. The summed E-state index contributed by atoms with van der Waals surface area (Å²) in [6, 6.07) is -0.0602. The second-order valence-corrected chi connectivity index (χ2v) is 8.37. The van der Waals surface area contributed by atoms with E-state index < -0.39 is 15.8 Å². The van der Waals surface area contributed by atoms with Crippen molar-refractivity contribution in [2.24, 2.45) is 5.73 Å². The molecule has 0 bridgehead atoms. The fourth-order valence-electron chi connectivity index (χ4n) is 3.23. The van der Waals surface area contributed by atoms with Gasteiger partial charge in [0.1, 0.15) is 0 Å². The fourth-order valence-corrected chi connectivity index (χ4v) is 5.33. The predicted molar refractivity (Wildman–Crippen MR) is 78.5 cm³/mol. The summed E-state index contributed by atoms with van der Waals surface area (Å²) in [4.78, 5) is 0. The van der Waals surface area contributed by atoms with Gasteiger partial charge in [0.05, 0.1) is 11.7 Å². The van der Waals surface area contributed by atoms with Gasteiger partial charge in [-0.2, -0.15) is 17.0 Å². The molecule has 2 saturated heterocycles. The Kier molecular flexibility index (Phi) is 4.76. The molecule has 0 aromatic rings. The summed E-state index contributed by atoms with van der Waals surface area (Å²) in [7, 11) is -3.44. The topological polar surface area (TPSA) is 75.9 Å². The predicted octanol–water partition coefficient (Wildman–Crippen LogP) is 0.544. The van der Waals surface area contributed by atoms with Crippen molar-refractivity contribution in [2.45, 2.75) is 57.8 Å². The number of morpholine rings is 1. The maximum Gasteiger partial charge on any atom is 0.282 e. The number of hydrogen-bond donors (Lipinski definition) is 1. The molecular weight excluding hydrogens is 278 g/mol. The van der Waals surface area contributed by atoms with Crippen molar-refractivity contribution < 1.29 is 13.2 Å². The van der Waals surface area contributed by atoms with Crippen LogP contribution in [0.1, 0.15) is 40.0 Å². The first-order chi connectivity index (χ1) is 9.26. The zero-order valence-electron chi connectivity index (χ0n) is 12.7. The van der Waals surface area contributed by atoms with Crippen molar-refractivity contribution in [3.8, 4) is 0 Å². The quantitative estimate of drug-likeness (QED) is 0.826. The number of piperidine rings is 1. The van der Waals surface area contributed by atoms with Gasteiger partial charge in [-0.15, -0.1) is 0 Å². The Morgan fingerprint density at radius 1 is 1.35 bits per heavy atom. The standard InChI is InChI=1S/C13H27N3O3S/c1-11-9-15(10-13(2,3)19-11)20(17,18)16-7-5-4-6-12(16)8-14/h11-12H,4-10,14H2,1-3H3. The van der Waals surface area contributed by atoms with E-state index >= 15 is 0 Å². The van der Waals surface area contributed by atoms with E-state index in [1.54, 1.807) is 8.61 Å². The highest BCUT2D eigenvalue weighted by Crippen LogP contribution is 2.27. The molecule has 0 aromatic carbocycles. The molecule has 2 heterocycles. The third kappa shape index (κ3) is 3.33. The fraction of sp³-hybridized carbons (Fsp3) is 1.00. The summed E-state index contributed by atoms with van der Waals surface area (Å²) >= 11 is 0. The molecule has 0 aromatic heterocycles. The van der Waals surface area contributed by atoms with Crippen LogP contribution >= 0.6 is 0 Å². The van der Waals surface area contributed by atoms with Crippen LogP contribution in [0, 0.1) is 0 Å². The van der Waals surface area contributed by atoms with Crippen LogP contribution in [0.25, 0.3) is 0 Å². The van der Waals surface area contributed by atoms with Crippen molar-refractivity contribution in [1.82, 2.24) is 8.61 Å². The first-order valence-corrected chi connectivity index (χ1v) is 8.81. The number of ether oxygens (including phenoxy) is 1. The third-order valence-electron chi connectivity index (χ3n) is 4.01. The summed E-state index contributed by atoms with van der Waals surface area (Å²) in [5, 5.41) is 0. The minimum Gasteiger partial charge on any atom is -0.370 e. The second kappa shape index (κ2) is 5.88. The average Bonchev–Trinajstić information content (AvgIpc) is 2.36.